The summed E-state index contributed by atoms with van der Waals surface area (Å²) in [6.45, 7) is 2.06. The highest BCUT2D eigenvalue weighted by molar-refractivity contribution is 7.98. The van der Waals surface area contributed by atoms with Crippen LogP contribution in [0.3, 0.4) is 0 Å². The molecule has 7 heteroatoms. The molecule has 6 nitrogen and oxygen atoms in total. The van der Waals surface area contributed by atoms with E-state index in [1.54, 1.807) is 0 Å². The van der Waals surface area contributed by atoms with Crippen LogP contribution in [0.5, 0.6) is 0 Å². The Morgan fingerprint density at radius 2 is 1.76 bits per heavy atom. The van der Waals surface area contributed by atoms with E-state index >= 15 is 0 Å². The molecule has 4 rings (SSSR count). The number of nitrogens with one attached hydrogen (secondary N) is 1. The van der Waals surface area contributed by atoms with Crippen molar-refractivity contribution in [1.29, 1.82) is 0 Å². The molecule has 4 aromatic rings. The van der Waals surface area contributed by atoms with E-state index in [-0.39, 0.29) is 0 Å². The summed E-state index contributed by atoms with van der Waals surface area (Å²) in [6.07, 6.45) is 0. The summed E-state index contributed by atoms with van der Waals surface area (Å²) in [5.41, 5.74) is 3.15. The lowest BCUT2D eigenvalue weighted by atomic mass is 10.1. The van der Waals surface area contributed by atoms with Crippen molar-refractivity contribution in [3.05, 3.63) is 66.1 Å². The molecule has 0 fully saturated rings. The molecule has 0 radical (unpaired) electrons. The maximum absolute atomic E-state index is 5.30. The van der Waals surface area contributed by atoms with Crippen LogP contribution in [0.2, 0.25) is 0 Å². The molecule has 0 saturated heterocycles. The molecular weight excluding hydrogens is 334 g/mol. The Balaban J connectivity index is 1.42. The minimum Gasteiger partial charge on any atom is -0.338 e. The highest BCUT2D eigenvalue weighted by atomic mass is 32.2. The molecule has 0 aliphatic heterocycles. The Morgan fingerprint density at radius 1 is 0.960 bits per heavy atom. The molecule has 124 valence electrons. The molecule has 0 aliphatic carbocycles. The summed E-state index contributed by atoms with van der Waals surface area (Å²) in [7, 11) is 0. The lowest BCUT2D eigenvalue weighted by Crippen LogP contribution is -1.84. The SMILES string of the molecule is Cc1ccc(-c2nc(SCc3nc(-c4ccccc4)no3)n[nH]2)cc1. The number of aromatic amines is 1. The minimum absolute atomic E-state index is 0.519. The number of aryl methyl sites for hydroxylation is 1. The molecule has 25 heavy (non-hydrogen) atoms. The summed E-state index contributed by atoms with van der Waals surface area (Å²) >= 11 is 1.45. The van der Waals surface area contributed by atoms with Crippen molar-refractivity contribution >= 4 is 11.8 Å². The predicted molar refractivity (Wildman–Crippen MR) is 95.9 cm³/mol. The maximum Gasteiger partial charge on any atom is 0.237 e. The Labute approximate surface area is 148 Å². The topological polar surface area (TPSA) is 80.5 Å². The normalized spacial score (nSPS) is 10.9. The van der Waals surface area contributed by atoms with E-state index < -0.39 is 0 Å². The predicted octanol–water partition coefficient (Wildman–Crippen LogP) is 4.12. The second-order valence-corrected chi connectivity index (χ2v) is 6.44. The van der Waals surface area contributed by atoms with Gasteiger partial charge in [-0.3, -0.25) is 5.10 Å². The van der Waals surface area contributed by atoms with Gasteiger partial charge in [-0.25, -0.2) is 4.98 Å². The van der Waals surface area contributed by atoms with Gasteiger partial charge in [0.25, 0.3) is 0 Å². The monoisotopic (exact) mass is 349 g/mol. The van der Waals surface area contributed by atoms with Crippen LogP contribution in [0.4, 0.5) is 0 Å². The zero-order chi connectivity index (χ0) is 17.1. The Hall–Kier alpha value is -2.93. The summed E-state index contributed by atoms with van der Waals surface area (Å²) in [6, 6.07) is 17.9. The third kappa shape index (κ3) is 3.61. The zero-order valence-corrected chi connectivity index (χ0v) is 14.3. The highest BCUT2D eigenvalue weighted by Gasteiger charge is 2.11. The summed E-state index contributed by atoms with van der Waals surface area (Å²) in [4.78, 5) is 8.90. The molecule has 0 saturated carbocycles. The number of benzene rings is 2. The van der Waals surface area contributed by atoms with Gasteiger partial charge in [0.2, 0.25) is 16.9 Å². The fourth-order valence-corrected chi connectivity index (χ4v) is 2.93. The van der Waals surface area contributed by atoms with Crippen molar-refractivity contribution in [3.63, 3.8) is 0 Å². The van der Waals surface area contributed by atoms with Gasteiger partial charge in [-0.2, -0.15) is 4.98 Å². The first kappa shape index (κ1) is 15.6. The van der Waals surface area contributed by atoms with Crippen LogP contribution >= 0.6 is 11.8 Å². The first-order valence-electron chi connectivity index (χ1n) is 7.78. The third-order valence-electron chi connectivity index (χ3n) is 3.61. The van der Waals surface area contributed by atoms with Gasteiger partial charge < -0.3 is 4.52 Å². The van der Waals surface area contributed by atoms with Gasteiger partial charge in [-0.05, 0) is 6.92 Å². The number of hydrogen-bond donors (Lipinski definition) is 1. The number of rotatable bonds is 5. The molecular formula is C18H15N5OS. The molecule has 0 spiro atoms. The first-order chi connectivity index (χ1) is 12.3. The molecule has 2 aromatic heterocycles. The van der Waals surface area contributed by atoms with E-state index in [0.717, 1.165) is 17.0 Å². The molecule has 0 unspecified atom stereocenters. The zero-order valence-electron chi connectivity index (χ0n) is 13.5. The van der Waals surface area contributed by atoms with E-state index in [9.17, 15) is 0 Å². The molecule has 0 bridgehead atoms. The molecule has 2 heterocycles. The fourth-order valence-electron chi connectivity index (χ4n) is 2.30. The van der Waals surface area contributed by atoms with Crippen molar-refractivity contribution < 1.29 is 4.52 Å². The van der Waals surface area contributed by atoms with Crippen LogP contribution in [-0.4, -0.2) is 25.3 Å². The van der Waals surface area contributed by atoms with Gasteiger partial charge in [0.1, 0.15) is 0 Å². The largest absolute Gasteiger partial charge is 0.338 e. The molecule has 0 amide bonds. The molecule has 1 N–H and O–H groups in total. The van der Waals surface area contributed by atoms with E-state index in [1.807, 2.05) is 54.6 Å². The van der Waals surface area contributed by atoms with Crippen LogP contribution in [-0.2, 0) is 5.75 Å². The summed E-state index contributed by atoms with van der Waals surface area (Å²) in [5.74, 6) is 2.40. The molecule has 0 atom stereocenters. The highest BCUT2D eigenvalue weighted by Crippen LogP contribution is 2.23. The van der Waals surface area contributed by atoms with E-state index in [1.165, 1.54) is 17.3 Å². The Kier molecular flexibility index (Phi) is 4.30. The average Bonchev–Trinajstić information content (AvgIpc) is 3.31. The van der Waals surface area contributed by atoms with Crippen molar-refractivity contribution in [2.45, 2.75) is 17.8 Å². The van der Waals surface area contributed by atoms with Crippen molar-refractivity contribution in [2.75, 3.05) is 0 Å². The first-order valence-corrected chi connectivity index (χ1v) is 8.77. The summed E-state index contributed by atoms with van der Waals surface area (Å²) in [5, 5.41) is 11.9. The Bertz CT molecular complexity index is 963. The number of hydrogen-bond acceptors (Lipinski definition) is 6. The average molecular weight is 349 g/mol. The van der Waals surface area contributed by atoms with Crippen molar-refractivity contribution in [1.82, 2.24) is 25.3 Å². The van der Waals surface area contributed by atoms with Gasteiger partial charge >= 0.3 is 0 Å². The van der Waals surface area contributed by atoms with Gasteiger partial charge in [0.15, 0.2) is 5.82 Å². The quantitative estimate of drug-likeness (QED) is 0.546. The second kappa shape index (κ2) is 6.90. The van der Waals surface area contributed by atoms with E-state index in [0.29, 0.717) is 22.6 Å². The van der Waals surface area contributed by atoms with Crippen LogP contribution in [0.1, 0.15) is 11.5 Å². The summed E-state index contributed by atoms with van der Waals surface area (Å²) < 4.78 is 5.30. The van der Waals surface area contributed by atoms with Crippen LogP contribution in [0, 0.1) is 6.92 Å². The number of H-pyrrole nitrogens is 1. The second-order valence-electron chi connectivity index (χ2n) is 5.50. The van der Waals surface area contributed by atoms with Crippen LogP contribution < -0.4 is 0 Å². The van der Waals surface area contributed by atoms with Crippen molar-refractivity contribution in [2.24, 2.45) is 0 Å². The van der Waals surface area contributed by atoms with Crippen molar-refractivity contribution in [3.8, 4) is 22.8 Å². The number of thioether (sulfide) groups is 1. The Morgan fingerprint density at radius 3 is 2.56 bits per heavy atom. The minimum atomic E-state index is 0.519. The third-order valence-corrected chi connectivity index (χ3v) is 4.45. The molecule has 0 aliphatic rings. The number of nitrogens with zero attached hydrogens (tertiary/aromatic N) is 4. The van der Waals surface area contributed by atoms with Gasteiger partial charge in [-0.1, -0.05) is 77.1 Å². The standard InChI is InChI=1S/C18H15N5OS/c1-12-7-9-14(10-8-12)16-20-18(22-21-16)25-11-15-19-17(23-24-15)13-5-3-2-4-6-13/h2-10H,11H2,1H3,(H,20,21,22). The van der Waals surface area contributed by atoms with Crippen LogP contribution in [0.15, 0.2) is 64.3 Å². The smallest absolute Gasteiger partial charge is 0.237 e. The van der Waals surface area contributed by atoms with E-state index in [2.05, 4.69) is 32.2 Å². The van der Waals surface area contributed by atoms with Crippen LogP contribution in [0.25, 0.3) is 22.8 Å². The van der Waals surface area contributed by atoms with Gasteiger partial charge in [0.05, 0.1) is 5.75 Å². The van der Waals surface area contributed by atoms with Gasteiger partial charge in [-0.15, -0.1) is 5.10 Å². The van der Waals surface area contributed by atoms with Gasteiger partial charge in [0, 0.05) is 11.1 Å². The fraction of sp³-hybridized carbons (Fsp3) is 0.111. The lowest BCUT2D eigenvalue weighted by Gasteiger charge is -1.96. The molecule has 2 aromatic carbocycles. The lowest BCUT2D eigenvalue weighted by molar-refractivity contribution is 0.391. The maximum atomic E-state index is 5.30. The van der Waals surface area contributed by atoms with E-state index in [4.69, 9.17) is 4.52 Å². The number of aromatic nitrogens is 5.